The van der Waals surface area contributed by atoms with Crippen LogP contribution in [-0.4, -0.2) is 29.5 Å². The van der Waals surface area contributed by atoms with Crippen LogP contribution in [0.25, 0.3) is 10.9 Å². The molecule has 0 radical (unpaired) electrons. The molecule has 0 saturated carbocycles. The molecule has 6 nitrogen and oxygen atoms in total. The van der Waals surface area contributed by atoms with Crippen LogP contribution in [0.4, 0.5) is 0 Å². The Labute approximate surface area is 138 Å². The summed E-state index contributed by atoms with van der Waals surface area (Å²) in [5.74, 6) is 1.92. The molecule has 0 atom stereocenters. The van der Waals surface area contributed by atoms with Gasteiger partial charge in [0.25, 0.3) is 5.91 Å². The third-order valence-electron chi connectivity index (χ3n) is 4.03. The number of methoxy groups -OCH3 is 1. The second-order valence-electron chi connectivity index (χ2n) is 5.63. The highest BCUT2D eigenvalue weighted by atomic mass is 16.5. The number of hydrogen-bond acceptors (Lipinski definition) is 5. The predicted molar refractivity (Wildman–Crippen MR) is 86.8 cm³/mol. The number of amides is 1. The van der Waals surface area contributed by atoms with Gasteiger partial charge in [0.1, 0.15) is 11.5 Å². The summed E-state index contributed by atoms with van der Waals surface area (Å²) in [6.45, 7) is 0.808. The van der Waals surface area contributed by atoms with Crippen LogP contribution in [0.15, 0.2) is 47.1 Å². The van der Waals surface area contributed by atoms with Crippen molar-refractivity contribution in [3.05, 3.63) is 54.0 Å². The maximum Gasteiger partial charge on any atom is 0.261 e. The molecule has 0 unspecified atom stereocenters. The molecule has 0 spiro atoms. The van der Waals surface area contributed by atoms with Crippen molar-refractivity contribution in [3.8, 4) is 11.6 Å². The quantitative estimate of drug-likeness (QED) is 0.741. The van der Waals surface area contributed by atoms with Gasteiger partial charge in [-0.1, -0.05) is 0 Å². The molecule has 1 amide bonds. The van der Waals surface area contributed by atoms with Gasteiger partial charge in [0.15, 0.2) is 6.61 Å². The van der Waals surface area contributed by atoms with E-state index in [1.165, 1.54) is 0 Å². The average molecular weight is 324 g/mol. The second kappa shape index (κ2) is 5.88. The van der Waals surface area contributed by atoms with Crippen molar-refractivity contribution >= 4 is 16.8 Å². The zero-order chi connectivity index (χ0) is 16.5. The van der Waals surface area contributed by atoms with Crippen LogP contribution in [0, 0.1) is 0 Å². The predicted octanol–water partition coefficient (Wildman–Crippen LogP) is 2.76. The molecule has 3 heterocycles. The fraction of sp³-hybridized carbons (Fsp3) is 0.222. The summed E-state index contributed by atoms with van der Waals surface area (Å²) < 4.78 is 16.2. The van der Waals surface area contributed by atoms with Gasteiger partial charge in [0.05, 0.1) is 32.0 Å². The number of pyridine rings is 1. The SMILES string of the molecule is COc1ccc2nc3c(cc2c1)CN(Cc1ccco1)C(=O)CO3. The molecule has 0 bridgehead atoms. The fourth-order valence-corrected chi connectivity index (χ4v) is 2.80. The number of rotatable bonds is 3. The summed E-state index contributed by atoms with van der Waals surface area (Å²) >= 11 is 0. The minimum absolute atomic E-state index is 0.0254. The van der Waals surface area contributed by atoms with Crippen LogP contribution < -0.4 is 9.47 Å². The molecule has 0 saturated heterocycles. The van der Waals surface area contributed by atoms with Gasteiger partial charge in [-0.05, 0) is 36.4 Å². The lowest BCUT2D eigenvalue weighted by atomic mass is 10.1. The van der Waals surface area contributed by atoms with Gasteiger partial charge in [-0.25, -0.2) is 4.98 Å². The third kappa shape index (κ3) is 2.67. The number of hydrogen-bond donors (Lipinski definition) is 0. The standard InChI is InChI=1S/C18H16N2O4/c1-22-14-4-5-16-12(8-14)7-13-9-20(10-15-3-2-6-23-15)17(21)11-24-18(13)19-16/h2-8H,9-11H2,1H3. The van der Waals surface area contributed by atoms with E-state index in [4.69, 9.17) is 13.9 Å². The molecule has 3 aromatic rings. The van der Waals surface area contributed by atoms with E-state index < -0.39 is 0 Å². The van der Waals surface area contributed by atoms with E-state index >= 15 is 0 Å². The van der Waals surface area contributed by atoms with Crippen LogP contribution in [0.3, 0.4) is 0 Å². The number of fused-ring (bicyclic) bond motifs is 2. The Hall–Kier alpha value is -3.02. The first kappa shape index (κ1) is 14.6. The Morgan fingerprint density at radius 3 is 3.00 bits per heavy atom. The molecule has 0 aliphatic carbocycles. The van der Waals surface area contributed by atoms with Crippen LogP contribution in [-0.2, 0) is 17.9 Å². The molecule has 0 N–H and O–H groups in total. The molecule has 2 aromatic heterocycles. The van der Waals surface area contributed by atoms with Crippen molar-refractivity contribution in [1.82, 2.24) is 9.88 Å². The van der Waals surface area contributed by atoms with E-state index in [0.29, 0.717) is 19.0 Å². The molecule has 1 aromatic carbocycles. The Morgan fingerprint density at radius 2 is 2.21 bits per heavy atom. The molecular formula is C18H16N2O4. The Bertz CT molecular complexity index is 889. The van der Waals surface area contributed by atoms with Gasteiger partial charge in [0.2, 0.25) is 5.88 Å². The van der Waals surface area contributed by atoms with Crippen molar-refractivity contribution in [3.63, 3.8) is 0 Å². The number of carbonyl (C=O) groups is 1. The molecule has 1 aliphatic rings. The van der Waals surface area contributed by atoms with E-state index in [2.05, 4.69) is 4.98 Å². The Kier molecular flexibility index (Phi) is 3.57. The minimum Gasteiger partial charge on any atom is -0.497 e. The Balaban J connectivity index is 1.70. The first-order chi connectivity index (χ1) is 11.7. The lowest BCUT2D eigenvalue weighted by Gasteiger charge is -2.18. The zero-order valence-electron chi connectivity index (χ0n) is 13.2. The average Bonchev–Trinajstić information content (AvgIpc) is 3.06. The highest BCUT2D eigenvalue weighted by Crippen LogP contribution is 2.28. The van der Waals surface area contributed by atoms with E-state index in [1.807, 2.05) is 36.4 Å². The largest absolute Gasteiger partial charge is 0.497 e. The van der Waals surface area contributed by atoms with Gasteiger partial charge in [0, 0.05) is 10.9 Å². The van der Waals surface area contributed by atoms with E-state index in [-0.39, 0.29) is 12.5 Å². The summed E-state index contributed by atoms with van der Waals surface area (Å²) in [6.07, 6.45) is 1.60. The summed E-state index contributed by atoms with van der Waals surface area (Å²) in [4.78, 5) is 18.6. The van der Waals surface area contributed by atoms with Crippen LogP contribution >= 0.6 is 0 Å². The Morgan fingerprint density at radius 1 is 1.29 bits per heavy atom. The first-order valence-corrected chi connectivity index (χ1v) is 7.63. The topological polar surface area (TPSA) is 64.8 Å². The second-order valence-corrected chi connectivity index (χ2v) is 5.63. The smallest absolute Gasteiger partial charge is 0.261 e. The third-order valence-corrected chi connectivity index (χ3v) is 4.03. The minimum atomic E-state index is -0.0916. The maximum atomic E-state index is 12.3. The lowest BCUT2D eigenvalue weighted by Crippen LogP contribution is -2.31. The molecule has 0 fully saturated rings. The first-order valence-electron chi connectivity index (χ1n) is 7.63. The van der Waals surface area contributed by atoms with Gasteiger partial charge < -0.3 is 18.8 Å². The van der Waals surface area contributed by atoms with Crippen LogP contribution in [0.2, 0.25) is 0 Å². The van der Waals surface area contributed by atoms with Crippen molar-refractivity contribution in [2.45, 2.75) is 13.1 Å². The van der Waals surface area contributed by atoms with Crippen LogP contribution in [0.1, 0.15) is 11.3 Å². The number of aromatic nitrogens is 1. The highest BCUT2D eigenvalue weighted by molar-refractivity contribution is 5.83. The number of ether oxygens (including phenoxy) is 2. The van der Waals surface area contributed by atoms with Gasteiger partial charge in [-0.2, -0.15) is 0 Å². The summed E-state index contributed by atoms with van der Waals surface area (Å²) in [5.41, 5.74) is 1.68. The van der Waals surface area contributed by atoms with Crippen molar-refractivity contribution in [2.24, 2.45) is 0 Å². The summed E-state index contributed by atoms with van der Waals surface area (Å²) in [6, 6.07) is 11.3. The number of nitrogens with zero attached hydrogens (tertiary/aromatic N) is 2. The van der Waals surface area contributed by atoms with E-state index in [9.17, 15) is 4.79 Å². The number of furan rings is 1. The van der Waals surface area contributed by atoms with Gasteiger partial charge in [-0.3, -0.25) is 4.79 Å². The lowest BCUT2D eigenvalue weighted by molar-refractivity contribution is -0.134. The monoisotopic (exact) mass is 324 g/mol. The molecule has 6 heteroatoms. The van der Waals surface area contributed by atoms with Crippen molar-refractivity contribution < 1.29 is 18.7 Å². The van der Waals surface area contributed by atoms with E-state index in [0.717, 1.165) is 28.0 Å². The zero-order valence-corrected chi connectivity index (χ0v) is 13.2. The summed E-state index contributed by atoms with van der Waals surface area (Å²) in [5, 5.41) is 0.948. The molecule has 122 valence electrons. The molecule has 1 aliphatic heterocycles. The van der Waals surface area contributed by atoms with E-state index in [1.54, 1.807) is 18.3 Å². The van der Waals surface area contributed by atoms with Crippen molar-refractivity contribution in [2.75, 3.05) is 13.7 Å². The fourth-order valence-electron chi connectivity index (χ4n) is 2.80. The molecule has 24 heavy (non-hydrogen) atoms. The molecular weight excluding hydrogens is 308 g/mol. The normalized spacial score (nSPS) is 14.2. The highest BCUT2D eigenvalue weighted by Gasteiger charge is 2.23. The van der Waals surface area contributed by atoms with Crippen LogP contribution in [0.5, 0.6) is 11.6 Å². The number of carbonyl (C=O) groups excluding carboxylic acids is 1. The van der Waals surface area contributed by atoms with Gasteiger partial charge >= 0.3 is 0 Å². The van der Waals surface area contributed by atoms with Gasteiger partial charge in [-0.15, -0.1) is 0 Å². The van der Waals surface area contributed by atoms with Crippen molar-refractivity contribution in [1.29, 1.82) is 0 Å². The maximum absolute atomic E-state index is 12.3. The summed E-state index contributed by atoms with van der Waals surface area (Å²) in [7, 11) is 1.63. The number of benzene rings is 1. The molecule has 4 rings (SSSR count).